The van der Waals surface area contributed by atoms with Crippen molar-refractivity contribution in [1.29, 1.82) is 0 Å². The Bertz CT molecular complexity index is 673. The number of ether oxygens (including phenoxy) is 1. The van der Waals surface area contributed by atoms with Crippen molar-refractivity contribution in [3.05, 3.63) is 71.5 Å². The Balaban J connectivity index is 2.04. The van der Waals surface area contributed by atoms with E-state index < -0.39 is 0 Å². The summed E-state index contributed by atoms with van der Waals surface area (Å²) in [5.74, 6) is -0.179. The lowest BCUT2D eigenvalue weighted by atomic mass is 10.2. The van der Waals surface area contributed by atoms with Crippen LogP contribution in [0.4, 0.5) is 10.1 Å². The predicted octanol–water partition coefficient (Wildman–Crippen LogP) is 4.18. The summed E-state index contributed by atoms with van der Waals surface area (Å²) in [6, 6.07) is 11.0. The van der Waals surface area contributed by atoms with Crippen LogP contribution >= 0.6 is 11.6 Å². The van der Waals surface area contributed by atoms with Crippen molar-refractivity contribution in [1.82, 2.24) is 0 Å². The molecule has 0 aromatic heterocycles. The Morgan fingerprint density at radius 1 is 1.33 bits per heavy atom. The summed E-state index contributed by atoms with van der Waals surface area (Å²) in [6.07, 6.45) is 1.17. The van der Waals surface area contributed by atoms with Crippen molar-refractivity contribution in [2.24, 2.45) is 0 Å². The zero-order valence-corrected chi connectivity index (χ0v) is 11.9. The molecule has 0 aliphatic rings. The van der Waals surface area contributed by atoms with Gasteiger partial charge in [0.1, 0.15) is 18.2 Å². The molecule has 108 valence electrons. The van der Waals surface area contributed by atoms with Gasteiger partial charge < -0.3 is 10.1 Å². The Labute approximate surface area is 127 Å². The number of hydrogen-bond donors (Lipinski definition) is 1. The summed E-state index contributed by atoms with van der Waals surface area (Å²) in [4.78, 5) is 11.2. The van der Waals surface area contributed by atoms with Crippen molar-refractivity contribution < 1.29 is 13.9 Å². The van der Waals surface area contributed by atoms with Gasteiger partial charge in [-0.3, -0.25) is 4.79 Å². The minimum absolute atomic E-state index is 0.204. The smallest absolute Gasteiger partial charge is 0.247 e. The van der Waals surface area contributed by atoms with Crippen LogP contribution in [0.3, 0.4) is 0 Å². The van der Waals surface area contributed by atoms with Crippen LogP contribution in [0.2, 0.25) is 5.02 Å². The van der Waals surface area contributed by atoms with Gasteiger partial charge in [0.25, 0.3) is 0 Å². The van der Waals surface area contributed by atoms with Gasteiger partial charge >= 0.3 is 0 Å². The highest BCUT2D eigenvalue weighted by molar-refractivity contribution is 6.32. The Hall–Kier alpha value is -2.33. The maximum absolute atomic E-state index is 13.1. The third kappa shape index (κ3) is 4.33. The molecule has 0 aliphatic carbocycles. The number of rotatable bonds is 5. The number of carbonyl (C=O) groups is 1. The van der Waals surface area contributed by atoms with E-state index in [1.807, 2.05) is 0 Å². The molecule has 0 aliphatic heterocycles. The molecule has 1 amide bonds. The summed E-state index contributed by atoms with van der Waals surface area (Å²) in [6.45, 7) is 3.57. The minimum Gasteiger partial charge on any atom is -0.487 e. The van der Waals surface area contributed by atoms with E-state index in [9.17, 15) is 9.18 Å². The molecule has 21 heavy (non-hydrogen) atoms. The van der Waals surface area contributed by atoms with Crippen LogP contribution < -0.4 is 10.1 Å². The van der Waals surface area contributed by atoms with Crippen LogP contribution in [0.5, 0.6) is 5.75 Å². The van der Waals surface area contributed by atoms with Gasteiger partial charge in [-0.2, -0.15) is 0 Å². The van der Waals surface area contributed by atoms with E-state index in [4.69, 9.17) is 16.3 Å². The van der Waals surface area contributed by atoms with E-state index in [0.717, 1.165) is 0 Å². The first kappa shape index (κ1) is 15.1. The molecule has 0 unspecified atom stereocenters. The zero-order valence-electron chi connectivity index (χ0n) is 11.1. The van der Waals surface area contributed by atoms with Crippen LogP contribution in [0.25, 0.3) is 0 Å². The fourth-order valence-electron chi connectivity index (χ4n) is 1.68. The Morgan fingerprint density at radius 3 is 2.81 bits per heavy atom. The molecular weight excluding hydrogens is 293 g/mol. The van der Waals surface area contributed by atoms with E-state index in [0.29, 0.717) is 22.0 Å². The highest BCUT2D eigenvalue weighted by atomic mass is 35.5. The first-order valence-corrected chi connectivity index (χ1v) is 6.56. The van der Waals surface area contributed by atoms with Gasteiger partial charge in [0.2, 0.25) is 5.91 Å². The van der Waals surface area contributed by atoms with Crippen LogP contribution in [0.1, 0.15) is 5.56 Å². The molecule has 2 rings (SSSR count). The molecule has 0 heterocycles. The third-order valence-corrected chi connectivity index (χ3v) is 2.96. The molecule has 5 heteroatoms. The lowest BCUT2D eigenvalue weighted by molar-refractivity contribution is -0.111. The monoisotopic (exact) mass is 305 g/mol. The molecule has 1 N–H and O–H groups in total. The lowest BCUT2D eigenvalue weighted by Crippen LogP contribution is -2.07. The molecule has 0 spiro atoms. The number of anilines is 1. The quantitative estimate of drug-likeness (QED) is 0.841. The average molecular weight is 306 g/mol. The number of carbonyl (C=O) groups excluding carboxylic acids is 1. The highest BCUT2D eigenvalue weighted by Gasteiger charge is 2.05. The molecular formula is C16H13ClFNO2. The van der Waals surface area contributed by atoms with Gasteiger partial charge in [-0.1, -0.05) is 30.3 Å². The molecule has 2 aromatic rings. The number of amides is 1. The second kappa shape index (κ2) is 6.90. The van der Waals surface area contributed by atoms with Gasteiger partial charge in [0, 0.05) is 5.69 Å². The summed E-state index contributed by atoms with van der Waals surface area (Å²) >= 11 is 6.08. The van der Waals surface area contributed by atoms with Crippen LogP contribution in [-0.2, 0) is 11.4 Å². The zero-order chi connectivity index (χ0) is 15.2. The standard InChI is InChI=1S/C16H13ClFNO2/c1-2-16(20)19-13-6-7-15(14(17)9-13)21-10-11-4-3-5-12(18)8-11/h2-9H,1,10H2,(H,19,20). The Morgan fingerprint density at radius 2 is 2.14 bits per heavy atom. The van der Waals surface area contributed by atoms with E-state index in [-0.39, 0.29) is 18.3 Å². The van der Waals surface area contributed by atoms with Gasteiger partial charge in [0.05, 0.1) is 5.02 Å². The predicted molar refractivity (Wildman–Crippen MR) is 81.0 cm³/mol. The molecule has 0 saturated carbocycles. The first-order chi connectivity index (χ1) is 10.1. The molecule has 0 saturated heterocycles. The molecule has 0 atom stereocenters. The first-order valence-electron chi connectivity index (χ1n) is 6.18. The van der Waals surface area contributed by atoms with Crippen molar-refractivity contribution in [2.45, 2.75) is 6.61 Å². The molecule has 2 aromatic carbocycles. The largest absolute Gasteiger partial charge is 0.487 e. The van der Waals surface area contributed by atoms with E-state index in [1.54, 1.807) is 30.3 Å². The van der Waals surface area contributed by atoms with E-state index in [2.05, 4.69) is 11.9 Å². The molecule has 3 nitrogen and oxygen atoms in total. The topological polar surface area (TPSA) is 38.3 Å². The van der Waals surface area contributed by atoms with Crippen molar-refractivity contribution in [2.75, 3.05) is 5.32 Å². The fourth-order valence-corrected chi connectivity index (χ4v) is 1.91. The molecule has 0 bridgehead atoms. The van der Waals surface area contributed by atoms with Gasteiger partial charge in [0.15, 0.2) is 0 Å². The van der Waals surface area contributed by atoms with Crippen LogP contribution in [0.15, 0.2) is 55.1 Å². The van der Waals surface area contributed by atoms with Gasteiger partial charge in [-0.25, -0.2) is 4.39 Å². The summed E-state index contributed by atoms with van der Waals surface area (Å²) in [7, 11) is 0. The van der Waals surface area contributed by atoms with Crippen LogP contribution in [-0.4, -0.2) is 5.91 Å². The third-order valence-electron chi connectivity index (χ3n) is 2.67. The second-order valence-corrected chi connectivity index (χ2v) is 4.66. The van der Waals surface area contributed by atoms with Crippen molar-refractivity contribution in [3.63, 3.8) is 0 Å². The SMILES string of the molecule is C=CC(=O)Nc1ccc(OCc2cccc(F)c2)c(Cl)c1. The van der Waals surface area contributed by atoms with Gasteiger partial charge in [-0.15, -0.1) is 0 Å². The second-order valence-electron chi connectivity index (χ2n) is 4.26. The van der Waals surface area contributed by atoms with Gasteiger partial charge in [-0.05, 0) is 42.0 Å². The fraction of sp³-hybridized carbons (Fsp3) is 0.0625. The summed E-state index contributed by atoms with van der Waals surface area (Å²) in [5, 5.41) is 2.95. The van der Waals surface area contributed by atoms with E-state index in [1.165, 1.54) is 18.2 Å². The minimum atomic E-state index is -0.320. The number of halogens is 2. The molecule has 0 radical (unpaired) electrons. The summed E-state index contributed by atoms with van der Waals surface area (Å²) < 4.78 is 18.6. The lowest BCUT2D eigenvalue weighted by Gasteiger charge is -2.10. The van der Waals surface area contributed by atoms with E-state index >= 15 is 0 Å². The maximum Gasteiger partial charge on any atom is 0.247 e. The highest BCUT2D eigenvalue weighted by Crippen LogP contribution is 2.28. The number of hydrogen-bond acceptors (Lipinski definition) is 2. The number of benzene rings is 2. The average Bonchev–Trinajstić information content (AvgIpc) is 2.46. The molecule has 0 fully saturated rings. The normalized spacial score (nSPS) is 10.0. The van der Waals surface area contributed by atoms with Crippen molar-refractivity contribution in [3.8, 4) is 5.75 Å². The van der Waals surface area contributed by atoms with Crippen LogP contribution in [0, 0.1) is 5.82 Å². The van der Waals surface area contributed by atoms with Crippen molar-refractivity contribution >= 4 is 23.2 Å². The summed E-state index contributed by atoms with van der Waals surface area (Å²) in [5.41, 5.74) is 1.25. The number of nitrogens with one attached hydrogen (secondary N) is 1. The Kier molecular flexibility index (Phi) is 4.95. The maximum atomic E-state index is 13.1.